The zero-order chi connectivity index (χ0) is 13.5. The van der Waals surface area contributed by atoms with E-state index in [4.69, 9.17) is 21.1 Å². The molecule has 4 heteroatoms. The summed E-state index contributed by atoms with van der Waals surface area (Å²) in [5.41, 5.74) is 0. The monoisotopic (exact) mass is 276 g/mol. The van der Waals surface area contributed by atoms with Crippen molar-refractivity contribution in [3.05, 3.63) is 54.6 Å². The molecular weight excluding hydrogens is 264 g/mol. The van der Waals surface area contributed by atoms with Gasteiger partial charge in [-0.1, -0.05) is 18.2 Å². The minimum Gasteiger partial charge on any atom is -0.486 e. The molecule has 0 bridgehead atoms. The van der Waals surface area contributed by atoms with Gasteiger partial charge in [-0.25, -0.2) is 0 Å². The molecule has 0 aromatic heterocycles. The predicted molar refractivity (Wildman–Crippen MR) is 74.2 cm³/mol. The number of hydrogen-bond acceptors (Lipinski definition) is 3. The maximum Gasteiger partial charge on any atom is 0.184 e. The van der Waals surface area contributed by atoms with Gasteiger partial charge in [-0.3, -0.25) is 4.79 Å². The van der Waals surface area contributed by atoms with Gasteiger partial charge in [-0.2, -0.15) is 0 Å². The van der Waals surface area contributed by atoms with Crippen LogP contribution in [-0.2, 0) is 4.79 Å². The van der Waals surface area contributed by atoms with Gasteiger partial charge in [0.05, 0.1) is 5.88 Å². The molecular formula is C15H13ClO3. The van der Waals surface area contributed by atoms with Gasteiger partial charge in [-0.15, -0.1) is 11.6 Å². The Morgan fingerprint density at radius 2 is 1.47 bits per heavy atom. The van der Waals surface area contributed by atoms with Crippen molar-refractivity contribution in [1.29, 1.82) is 0 Å². The number of Topliss-reactive ketones (excluding diaryl/α,β-unsaturated/α-hetero) is 1. The largest absolute Gasteiger partial charge is 0.486 e. The Kier molecular flexibility index (Phi) is 4.81. The van der Waals surface area contributed by atoms with Crippen molar-refractivity contribution in [2.75, 3.05) is 12.5 Å². The molecule has 0 spiro atoms. The molecule has 2 aromatic rings. The highest BCUT2D eigenvalue weighted by Gasteiger charge is 2.02. The molecule has 98 valence electrons. The minimum absolute atomic E-state index is 0.0115. The Morgan fingerprint density at radius 3 is 2.11 bits per heavy atom. The van der Waals surface area contributed by atoms with E-state index in [2.05, 4.69) is 0 Å². The first kappa shape index (κ1) is 13.4. The number of halogens is 1. The van der Waals surface area contributed by atoms with E-state index in [-0.39, 0.29) is 18.3 Å². The van der Waals surface area contributed by atoms with E-state index >= 15 is 0 Å². The molecule has 0 saturated heterocycles. The summed E-state index contributed by atoms with van der Waals surface area (Å²) in [6.45, 7) is -0.0115. The normalized spacial score (nSPS) is 9.95. The smallest absolute Gasteiger partial charge is 0.184 e. The SMILES string of the molecule is O=C(CCl)COc1ccc(Oc2ccccc2)cc1. The van der Waals surface area contributed by atoms with Crippen LogP contribution in [-0.4, -0.2) is 18.3 Å². The van der Waals surface area contributed by atoms with Crippen LogP contribution in [0.1, 0.15) is 0 Å². The lowest BCUT2D eigenvalue weighted by atomic mass is 10.3. The Balaban J connectivity index is 1.93. The summed E-state index contributed by atoms with van der Waals surface area (Å²) in [5, 5.41) is 0. The van der Waals surface area contributed by atoms with Crippen LogP contribution in [0, 0.1) is 0 Å². The standard InChI is InChI=1S/C15H13ClO3/c16-10-12(17)11-18-13-6-8-15(9-7-13)19-14-4-2-1-3-5-14/h1-9H,10-11H2. The molecule has 0 radical (unpaired) electrons. The number of carbonyl (C=O) groups excluding carboxylic acids is 1. The molecule has 0 aliphatic carbocycles. The third-order valence-corrected chi connectivity index (χ3v) is 2.65. The maximum atomic E-state index is 11.0. The first-order valence-corrected chi connectivity index (χ1v) is 6.35. The molecule has 0 amide bonds. The van der Waals surface area contributed by atoms with Crippen molar-refractivity contribution >= 4 is 17.4 Å². The molecule has 0 atom stereocenters. The maximum absolute atomic E-state index is 11.0. The van der Waals surface area contributed by atoms with Gasteiger partial charge < -0.3 is 9.47 Å². The summed E-state index contributed by atoms with van der Waals surface area (Å²) in [7, 11) is 0. The molecule has 0 aliphatic rings. The fourth-order valence-corrected chi connectivity index (χ4v) is 1.51. The lowest BCUT2D eigenvalue weighted by Crippen LogP contribution is -2.11. The highest BCUT2D eigenvalue weighted by Crippen LogP contribution is 2.23. The van der Waals surface area contributed by atoms with Crippen molar-refractivity contribution in [3.8, 4) is 17.2 Å². The van der Waals surface area contributed by atoms with Crippen molar-refractivity contribution in [2.45, 2.75) is 0 Å². The summed E-state index contributed by atoms with van der Waals surface area (Å²) < 4.78 is 10.9. The van der Waals surface area contributed by atoms with Crippen LogP contribution in [0.4, 0.5) is 0 Å². The second-order valence-electron chi connectivity index (χ2n) is 3.85. The molecule has 19 heavy (non-hydrogen) atoms. The van der Waals surface area contributed by atoms with Gasteiger partial charge in [-0.05, 0) is 36.4 Å². The average Bonchev–Trinajstić information content (AvgIpc) is 2.47. The first-order chi connectivity index (χ1) is 9.28. The first-order valence-electron chi connectivity index (χ1n) is 5.81. The van der Waals surface area contributed by atoms with Gasteiger partial charge in [0.1, 0.15) is 23.9 Å². The Morgan fingerprint density at radius 1 is 0.895 bits per heavy atom. The second-order valence-corrected chi connectivity index (χ2v) is 4.11. The van der Waals surface area contributed by atoms with Crippen LogP contribution in [0.2, 0.25) is 0 Å². The highest BCUT2D eigenvalue weighted by molar-refractivity contribution is 6.27. The number of ether oxygens (including phenoxy) is 2. The number of hydrogen-bond donors (Lipinski definition) is 0. The van der Waals surface area contributed by atoms with E-state index in [1.807, 2.05) is 30.3 Å². The van der Waals surface area contributed by atoms with Crippen LogP contribution in [0.25, 0.3) is 0 Å². The number of alkyl halides is 1. The zero-order valence-electron chi connectivity index (χ0n) is 10.2. The van der Waals surface area contributed by atoms with Crippen LogP contribution >= 0.6 is 11.6 Å². The van der Waals surface area contributed by atoms with E-state index < -0.39 is 0 Å². The number of para-hydroxylation sites is 1. The van der Waals surface area contributed by atoms with Crippen molar-refractivity contribution in [2.24, 2.45) is 0 Å². The Labute approximate surface area is 116 Å². The van der Waals surface area contributed by atoms with Crippen molar-refractivity contribution in [3.63, 3.8) is 0 Å². The van der Waals surface area contributed by atoms with Crippen LogP contribution in [0.5, 0.6) is 17.2 Å². The zero-order valence-corrected chi connectivity index (χ0v) is 11.0. The second kappa shape index (κ2) is 6.81. The van der Waals surface area contributed by atoms with E-state index in [9.17, 15) is 4.79 Å². The predicted octanol–water partition coefficient (Wildman–Crippen LogP) is 3.67. The van der Waals surface area contributed by atoms with Gasteiger partial charge in [0, 0.05) is 0 Å². The van der Waals surface area contributed by atoms with Crippen LogP contribution in [0.3, 0.4) is 0 Å². The van der Waals surface area contributed by atoms with Crippen LogP contribution < -0.4 is 9.47 Å². The summed E-state index contributed by atoms with van der Waals surface area (Å²) >= 11 is 5.38. The Hall–Kier alpha value is -2.00. The van der Waals surface area contributed by atoms with Gasteiger partial charge in [0.15, 0.2) is 5.78 Å². The number of rotatable bonds is 6. The van der Waals surface area contributed by atoms with Crippen molar-refractivity contribution < 1.29 is 14.3 Å². The third-order valence-electron chi connectivity index (χ3n) is 2.35. The molecule has 0 fully saturated rings. The summed E-state index contributed by atoms with van der Waals surface area (Å²) in [5.74, 6) is 1.91. The number of carbonyl (C=O) groups is 1. The summed E-state index contributed by atoms with van der Waals surface area (Å²) in [4.78, 5) is 11.0. The van der Waals surface area contributed by atoms with Gasteiger partial charge in [0.2, 0.25) is 0 Å². The van der Waals surface area contributed by atoms with Crippen LogP contribution in [0.15, 0.2) is 54.6 Å². The van der Waals surface area contributed by atoms with E-state index in [1.54, 1.807) is 24.3 Å². The third kappa shape index (κ3) is 4.30. The van der Waals surface area contributed by atoms with E-state index in [0.29, 0.717) is 11.5 Å². The fraction of sp³-hybridized carbons (Fsp3) is 0.133. The van der Waals surface area contributed by atoms with Crippen molar-refractivity contribution in [1.82, 2.24) is 0 Å². The Bertz CT molecular complexity index is 523. The van der Waals surface area contributed by atoms with Gasteiger partial charge >= 0.3 is 0 Å². The average molecular weight is 277 g/mol. The summed E-state index contributed by atoms with van der Waals surface area (Å²) in [6, 6.07) is 16.6. The summed E-state index contributed by atoms with van der Waals surface area (Å²) in [6.07, 6.45) is 0. The molecule has 0 N–H and O–H groups in total. The molecule has 0 heterocycles. The molecule has 0 saturated carbocycles. The highest BCUT2D eigenvalue weighted by atomic mass is 35.5. The minimum atomic E-state index is -0.147. The van der Waals surface area contributed by atoms with E-state index in [1.165, 1.54) is 0 Å². The lowest BCUT2D eigenvalue weighted by molar-refractivity contribution is -0.118. The van der Waals surface area contributed by atoms with E-state index in [0.717, 1.165) is 5.75 Å². The van der Waals surface area contributed by atoms with Gasteiger partial charge in [0.25, 0.3) is 0 Å². The number of ketones is 1. The molecule has 3 nitrogen and oxygen atoms in total. The molecule has 2 rings (SSSR count). The topological polar surface area (TPSA) is 35.5 Å². The molecule has 0 unspecified atom stereocenters. The molecule has 2 aromatic carbocycles. The lowest BCUT2D eigenvalue weighted by Gasteiger charge is -2.07. The number of benzene rings is 2. The molecule has 0 aliphatic heterocycles. The quantitative estimate of drug-likeness (QED) is 0.755. The fourth-order valence-electron chi connectivity index (χ4n) is 1.43.